The summed E-state index contributed by atoms with van der Waals surface area (Å²) in [6, 6.07) is 2.46. The first-order valence-electron chi connectivity index (χ1n) is 16.7. The molecule has 2 fully saturated rings. The van der Waals surface area contributed by atoms with Gasteiger partial charge in [-0.1, -0.05) is 63.2 Å². The van der Waals surface area contributed by atoms with Gasteiger partial charge in [-0.2, -0.15) is 32.1 Å². The molecule has 0 radical (unpaired) electrons. The van der Waals surface area contributed by atoms with Crippen LogP contribution in [0.5, 0.6) is 0 Å². The van der Waals surface area contributed by atoms with Crippen LogP contribution in [0.4, 0.5) is 35.5 Å². The van der Waals surface area contributed by atoms with Crippen LogP contribution in [0.25, 0.3) is 11.3 Å². The smallest absolute Gasteiger partial charge is 0.411 e. The number of carbonyl (C=O) groups excluding carboxylic acids is 2. The molecule has 1 saturated heterocycles. The number of halogens is 8. The fraction of sp³-hybridized carbons (Fsp3) is 0.429. The van der Waals surface area contributed by atoms with E-state index >= 15 is 0 Å². The molecule has 55 heavy (non-hydrogen) atoms. The molecule has 0 unspecified atom stereocenters. The largest absolute Gasteiger partial charge is 0.447 e. The van der Waals surface area contributed by atoms with Crippen LogP contribution in [0.2, 0.25) is 5.02 Å². The Kier molecular flexibility index (Phi) is 11.3. The topological polar surface area (TPSA) is 143 Å². The Balaban J connectivity index is 1.55. The quantitative estimate of drug-likeness (QED) is 0.117. The predicted molar refractivity (Wildman–Crippen MR) is 186 cm³/mol. The number of aromatic nitrogens is 5. The Morgan fingerprint density at radius 2 is 1.85 bits per heavy atom. The molecule has 0 spiro atoms. The van der Waals surface area contributed by atoms with E-state index in [-0.39, 0.29) is 41.1 Å². The van der Waals surface area contributed by atoms with Gasteiger partial charge >= 0.3 is 18.8 Å². The Labute approximate surface area is 315 Å². The Hall–Kier alpha value is -5.20. The highest BCUT2D eigenvalue weighted by Crippen LogP contribution is 2.49. The summed E-state index contributed by atoms with van der Waals surface area (Å²) in [4.78, 5) is 32.2. The molecule has 5 rings (SSSR count). The molecule has 1 aromatic carbocycles. The van der Waals surface area contributed by atoms with Crippen molar-refractivity contribution in [2.24, 2.45) is 5.41 Å². The molecule has 1 aliphatic heterocycles. The highest BCUT2D eigenvalue weighted by Gasteiger charge is 2.64. The molecular formula is C35H37ClF7N9O3. The lowest BCUT2D eigenvalue weighted by atomic mass is 9.75. The van der Waals surface area contributed by atoms with Crippen LogP contribution in [-0.4, -0.2) is 71.3 Å². The van der Waals surface area contributed by atoms with Gasteiger partial charge in [-0.3, -0.25) is 15.1 Å². The second-order valence-electron chi connectivity index (χ2n) is 14.2. The summed E-state index contributed by atoms with van der Waals surface area (Å²) in [6.45, 7) is 7.60. The van der Waals surface area contributed by atoms with Crippen LogP contribution in [0.3, 0.4) is 0 Å². The minimum absolute atomic E-state index is 0.0279. The molecule has 296 valence electrons. The van der Waals surface area contributed by atoms with E-state index in [2.05, 4.69) is 27.1 Å². The molecule has 0 bridgehead atoms. The number of alkyl carbamates (subject to hydrolysis) is 1. The lowest BCUT2D eigenvalue weighted by Crippen LogP contribution is -2.51. The monoisotopic (exact) mass is 799 g/mol. The fourth-order valence-electron chi connectivity index (χ4n) is 6.25. The number of carbonyl (C=O) groups is 2. The molecule has 12 nitrogen and oxygen atoms in total. The molecule has 1 aliphatic carbocycles. The second kappa shape index (κ2) is 15.1. The Morgan fingerprint density at radius 3 is 2.42 bits per heavy atom. The maximum absolute atomic E-state index is 14.8. The second-order valence-corrected chi connectivity index (χ2v) is 14.6. The highest BCUT2D eigenvalue weighted by molar-refractivity contribution is 6.32. The number of nitrogens with one attached hydrogen (secondary N) is 3. The van der Waals surface area contributed by atoms with Gasteiger partial charge in [-0.15, -0.1) is 0 Å². The molecule has 2 aromatic heterocycles. The van der Waals surface area contributed by atoms with E-state index in [1.807, 2.05) is 26.1 Å². The SMILES string of the molecule is C=C(/C=C\C(=C/C)c1cnn(C(F)F)c1)[C@@]1(CC(C)(C)C)NC(=N)N([C@H](COC(=O)NC2(C(F)(F)F)CC2)c2ccc(Cl)c(-n3ncnc3C(F)F)c2)C1=O. The molecule has 2 aliphatic rings. The summed E-state index contributed by atoms with van der Waals surface area (Å²) in [5.41, 5.74) is -3.96. The molecule has 20 heteroatoms. The summed E-state index contributed by atoms with van der Waals surface area (Å²) in [6.07, 6.45) is -2.11. The minimum Gasteiger partial charge on any atom is -0.447 e. The zero-order chi connectivity index (χ0) is 40.7. The van der Waals surface area contributed by atoms with Gasteiger partial charge in [0, 0.05) is 11.8 Å². The third-order valence-corrected chi connectivity index (χ3v) is 9.40. The van der Waals surface area contributed by atoms with Crippen LogP contribution in [0.1, 0.15) is 82.9 Å². The average Bonchev–Trinajstić information content (AvgIpc) is 3.39. The van der Waals surface area contributed by atoms with E-state index in [9.17, 15) is 40.3 Å². The Bertz CT molecular complexity index is 2030. The average molecular weight is 800 g/mol. The molecule has 1 saturated carbocycles. The standard InChI is InChI=1S/C35H37ClF7N9O3/c1-6-20(22-14-46-50(15-22)29(39)40)8-7-19(2)34(17-32(3,4)5)28(53)51(30(44)48-34)25(16-55-31(54)49-33(11-12-33)35(41,42)43)21-9-10-23(36)24(13-21)52-27(26(37)38)45-18-47-52/h6-10,13-15,18,25-26,29H,2,11-12,16-17H2,1,3-5H3,(H2,44,48)(H,49,54)/b8-7-,20-6+/t25-,34-/m1/s1. The number of hydrogen-bond donors (Lipinski definition) is 3. The van der Waals surface area contributed by atoms with Crippen molar-refractivity contribution in [3.8, 4) is 5.69 Å². The van der Waals surface area contributed by atoms with Gasteiger partial charge in [0.1, 0.15) is 24.0 Å². The molecule has 3 aromatic rings. The van der Waals surface area contributed by atoms with Crippen molar-refractivity contribution in [1.29, 1.82) is 5.41 Å². The van der Waals surface area contributed by atoms with Gasteiger partial charge in [0.05, 0.1) is 22.9 Å². The maximum atomic E-state index is 14.8. The lowest BCUT2D eigenvalue weighted by molar-refractivity contribution is -0.164. The third-order valence-electron chi connectivity index (χ3n) is 9.08. The summed E-state index contributed by atoms with van der Waals surface area (Å²) >= 11 is 6.39. The van der Waals surface area contributed by atoms with Crippen molar-refractivity contribution in [3.63, 3.8) is 0 Å². The van der Waals surface area contributed by atoms with Gasteiger partial charge in [-0.25, -0.2) is 27.9 Å². The van der Waals surface area contributed by atoms with Crippen molar-refractivity contribution in [3.05, 3.63) is 89.3 Å². The maximum Gasteiger partial charge on any atom is 0.411 e. The first kappa shape index (κ1) is 41.0. The lowest BCUT2D eigenvalue weighted by Gasteiger charge is -2.35. The van der Waals surface area contributed by atoms with E-state index < -0.39 is 72.1 Å². The molecule has 3 N–H and O–H groups in total. The number of guanidine groups is 1. The van der Waals surface area contributed by atoms with Crippen LogP contribution in [0.15, 0.2) is 67.3 Å². The molecule has 3 heterocycles. The number of nitrogens with zero attached hydrogens (tertiary/aromatic N) is 6. The zero-order valence-corrected chi connectivity index (χ0v) is 30.7. The van der Waals surface area contributed by atoms with Crippen molar-refractivity contribution < 1.29 is 45.1 Å². The summed E-state index contributed by atoms with van der Waals surface area (Å²) in [7, 11) is 0. The minimum atomic E-state index is -4.76. The zero-order valence-electron chi connectivity index (χ0n) is 29.9. The third kappa shape index (κ3) is 8.40. The predicted octanol–water partition coefficient (Wildman–Crippen LogP) is 8.07. The van der Waals surface area contributed by atoms with E-state index in [0.717, 1.165) is 22.1 Å². The van der Waals surface area contributed by atoms with E-state index in [4.69, 9.17) is 21.7 Å². The molecule has 2 amide bonds. The highest BCUT2D eigenvalue weighted by atomic mass is 35.5. The normalized spacial score (nSPS) is 19.4. The fourth-order valence-corrected chi connectivity index (χ4v) is 6.44. The first-order chi connectivity index (χ1) is 25.6. The number of alkyl halides is 7. The number of ether oxygens (including phenoxy) is 1. The van der Waals surface area contributed by atoms with Crippen molar-refractivity contribution in [1.82, 2.24) is 40.1 Å². The van der Waals surface area contributed by atoms with Crippen molar-refractivity contribution in [2.75, 3.05) is 6.61 Å². The molecular weight excluding hydrogens is 763 g/mol. The number of benzene rings is 1. The van der Waals surface area contributed by atoms with E-state index in [1.54, 1.807) is 13.0 Å². The number of amides is 2. The summed E-state index contributed by atoms with van der Waals surface area (Å²) in [5, 5.41) is 21.2. The van der Waals surface area contributed by atoms with Crippen LogP contribution in [-0.2, 0) is 9.53 Å². The first-order valence-corrected chi connectivity index (χ1v) is 17.1. The number of hydrogen-bond acceptors (Lipinski definition) is 7. The Morgan fingerprint density at radius 1 is 1.16 bits per heavy atom. The number of allylic oxidation sites excluding steroid dienone is 3. The van der Waals surface area contributed by atoms with E-state index in [0.29, 0.717) is 15.8 Å². The molecule has 2 atom stereocenters. The van der Waals surface area contributed by atoms with Gasteiger partial charge in [-0.05, 0) is 60.4 Å². The van der Waals surface area contributed by atoms with Gasteiger partial charge in [0.2, 0.25) is 0 Å². The van der Waals surface area contributed by atoms with Crippen LogP contribution in [0, 0.1) is 10.8 Å². The van der Waals surface area contributed by atoms with Crippen molar-refractivity contribution >= 4 is 35.1 Å². The number of rotatable bonds is 13. The van der Waals surface area contributed by atoms with Gasteiger partial charge < -0.3 is 15.4 Å². The van der Waals surface area contributed by atoms with E-state index in [1.165, 1.54) is 36.5 Å². The van der Waals surface area contributed by atoms with Crippen molar-refractivity contribution in [2.45, 2.75) is 83.2 Å². The van der Waals surface area contributed by atoms with Crippen LogP contribution >= 0.6 is 11.6 Å². The van der Waals surface area contributed by atoms with Crippen LogP contribution < -0.4 is 10.6 Å². The summed E-state index contributed by atoms with van der Waals surface area (Å²) in [5.74, 6) is -2.06. The van der Waals surface area contributed by atoms with Gasteiger partial charge in [0.25, 0.3) is 12.3 Å². The summed E-state index contributed by atoms with van der Waals surface area (Å²) < 4.78 is 102. The van der Waals surface area contributed by atoms with Gasteiger partial charge in [0.15, 0.2) is 11.8 Å².